The highest BCUT2D eigenvalue weighted by atomic mass is 16.5. The summed E-state index contributed by atoms with van der Waals surface area (Å²) in [5, 5.41) is 31.3. The van der Waals surface area contributed by atoms with Crippen molar-refractivity contribution < 1.29 is 25.0 Å². The molecule has 0 fully saturated rings. The molecule has 132 valence electrons. The van der Waals surface area contributed by atoms with Gasteiger partial charge in [-0.3, -0.25) is 0 Å². The van der Waals surface area contributed by atoms with Gasteiger partial charge in [-0.15, -0.1) is 0 Å². The van der Waals surface area contributed by atoms with Gasteiger partial charge in [0.2, 0.25) is 0 Å². The predicted octanol–water partition coefficient (Wildman–Crippen LogP) is 3.82. The fourth-order valence-corrected chi connectivity index (χ4v) is 4.22. The van der Waals surface area contributed by atoms with Crippen LogP contribution in [-0.4, -0.2) is 32.4 Å². The van der Waals surface area contributed by atoms with Crippen LogP contribution >= 0.6 is 0 Å². The first-order valence-corrected chi connectivity index (χ1v) is 8.40. The molecular formula is C18H25NO5. The smallest absolute Gasteiger partial charge is 0.336 e. The minimum Gasteiger partial charge on any atom is -0.478 e. The van der Waals surface area contributed by atoms with Crippen LogP contribution < -0.4 is 0 Å². The summed E-state index contributed by atoms with van der Waals surface area (Å²) < 4.78 is 0. The average Bonchev–Trinajstić information content (AvgIpc) is 2.78. The van der Waals surface area contributed by atoms with Crippen molar-refractivity contribution in [3.63, 3.8) is 0 Å². The fraction of sp³-hybridized carbons (Fsp3) is 0.556. The van der Waals surface area contributed by atoms with Gasteiger partial charge < -0.3 is 15.4 Å². The molecule has 0 aromatic heterocycles. The molecule has 1 heterocycles. The van der Waals surface area contributed by atoms with E-state index in [2.05, 4.69) is 0 Å². The molecule has 0 unspecified atom stereocenters. The summed E-state index contributed by atoms with van der Waals surface area (Å²) >= 11 is 0. The molecule has 0 spiro atoms. The Labute approximate surface area is 141 Å². The Kier molecular flexibility index (Phi) is 4.74. The maximum absolute atomic E-state index is 11.6. The number of carboxylic acid groups (broad SMARTS) is 2. The third-order valence-electron chi connectivity index (χ3n) is 5.77. The Hall–Kier alpha value is -1.92. The topological polar surface area (TPSA) is 98.1 Å². The van der Waals surface area contributed by atoms with Crippen LogP contribution in [0.15, 0.2) is 12.1 Å². The Morgan fingerprint density at radius 2 is 1.12 bits per heavy atom. The number of hydrogen-bond acceptors (Lipinski definition) is 4. The van der Waals surface area contributed by atoms with Gasteiger partial charge in [-0.1, -0.05) is 27.7 Å². The molecule has 0 amide bonds. The molecule has 1 aromatic rings. The fourth-order valence-electron chi connectivity index (χ4n) is 4.22. The minimum absolute atomic E-state index is 0.232. The van der Waals surface area contributed by atoms with Crippen LogP contribution in [0, 0.1) is 0 Å². The molecule has 0 saturated heterocycles. The first-order valence-electron chi connectivity index (χ1n) is 8.40. The number of rotatable bonds is 6. The SMILES string of the molecule is CCC1(CC)c2cc(C(=O)O)c(C(=O)O)cc2C(CC)(CC)N1O. The number of hydrogen-bond donors (Lipinski definition) is 3. The van der Waals surface area contributed by atoms with Gasteiger partial charge in [0, 0.05) is 0 Å². The first kappa shape index (κ1) is 18.4. The van der Waals surface area contributed by atoms with Crippen LogP contribution in [0.25, 0.3) is 0 Å². The van der Waals surface area contributed by atoms with Crippen molar-refractivity contribution in [2.45, 2.75) is 64.5 Å². The Bertz CT molecular complexity index is 617. The third kappa shape index (κ3) is 2.17. The van der Waals surface area contributed by atoms with E-state index in [0.717, 1.165) is 11.1 Å². The van der Waals surface area contributed by atoms with E-state index >= 15 is 0 Å². The monoisotopic (exact) mass is 335 g/mol. The highest BCUT2D eigenvalue weighted by Gasteiger charge is 2.55. The van der Waals surface area contributed by atoms with Crippen molar-refractivity contribution in [1.82, 2.24) is 5.06 Å². The predicted molar refractivity (Wildman–Crippen MR) is 88.5 cm³/mol. The van der Waals surface area contributed by atoms with Gasteiger partial charge in [-0.2, -0.15) is 5.06 Å². The van der Waals surface area contributed by atoms with Crippen molar-refractivity contribution in [2.75, 3.05) is 0 Å². The standard InChI is InChI=1S/C18H25NO5/c1-5-17(6-2)13-9-11(15(20)21)12(16(22)23)10-14(13)18(7-3,8-4)19(17)24/h9-10,24H,5-8H2,1-4H3,(H,20,21)(H,22,23). The van der Waals surface area contributed by atoms with Crippen molar-refractivity contribution in [3.05, 3.63) is 34.4 Å². The van der Waals surface area contributed by atoms with Crippen molar-refractivity contribution in [1.29, 1.82) is 0 Å². The molecule has 0 aliphatic carbocycles. The first-order chi connectivity index (χ1) is 11.3. The second-order valence-corrected chi connectivity index (χ2v) is 6.34. The molecule has 1 aliphatic heterocycles. The maximum Gasteiger partial charge on any atom is 0.336 e. The number of aromatic carboxylic acids is 2. The highest BCUT2D eigenvalue weighted by molar-refractivity contribution is 6.02. The van der Waals surface area contributed by atoms with Gasteiger partial charge in [0.15, 0.2) is 0 Å². The van der Waals surface area contributed by atoms with Crippen LogP contribution in [-0.2, 0) is 11.1 Å². The largest absolute Gasteiger partial charge is 0.478 e. The molecule has 24 heavy (non-hydrogen) atoms. The molecular weight excluding hydrogens is 310 g/mol. The van der Waals surface area contributed by atoms with Crippen LogP contribution in [0.4, 0.5) is 0 Å². The molecule has 3 N–H and O–H groups in total. The Balaban J connectivity index is 2.93. The summed E-state index contributed by atoms with van der Waals surface area (Å²) in [7, 11) is 0. The van der Waals surface area contributed by atoms with Gasteiger partial charge in [0.05, 0.1) is 22.2 Å². The van der Waals surface area contributed by atoms with Crippen LogP contribution in [0.1, 0.15) is 85.2 Å². The second-order valence-electron chi connectivity index (χ2n) is 6.34. The lowest BCUT2D eigenvalue weighted by Crippen LogP contribution is -2.48. The second kappa shape index (κ2) is 6.18. The van der Waals surface area contributed by atoms with Crippen LogP contribution in [0.3, 0.4) is 0 Å². The summed E-state index contributed by atoms with van der Waals surface area (Å²) in [5.41, 5.74) is -0.430. The van der Waals surface area contributed by atoms with Crippen LogP contribution in [0.5, 0.6) is 0 Å². The van der Waals surface area contributed by atoms with E-state index in [4.69, 9.17) is 0 Å². The Morgan fingerprint density at radius 1 is 0.833 bits per heavy atom. The summed E-state index contributed by atoms with van der Waals surface area (Å²) in [4.78, 5) is 23.1. The maximum atomic E-state index is 11.6. The van der Waals surface area contributed by atoms with E-state index in [0.29, 0.717) is 25.7 Å². The zero-order chi connectivity index (χ0) is 18.3. The summed E-state index contributed by atoms with van der Waals surface area (Å²) in [6, 6.07) is 2.90. The molecule has 0 radical (unpaired) electrons. The van der Waals surface area contributed by atoms with E-state index in [-0.39, 0.29) is 11.1 Å². The van der Waals surface area contributed by atoms with E-state index in [1.54, 1.807) is 0 Å². The summed E-state index contributed by atoms with van der Waals surface area (Å²) in [6.45, 7) is 7.79. The van der Waals surface area contributed by atoms with E-state index in [1.807, 2.05) is 27.7 Å². The minimum atomic E-state index is -1.27. The number of hydroxylamine groups is 2. The zero-order valence-corrected chi connectivity index (χ0v) is 14.6. The molecule has 1 aromatic carbocycles. The van der Waals surface area contributed by atoms with Gasteiger partial charge in [-0.05, 0) is 48.9 Å². The van der Waals surface area contributed by atoms with Gasteiger partial charge in [-0.25, -0.2) is 9.59 Å². The van der Waals surface area contributed by atoms with E-state index < -0.39 is 23.0 Å². The quantitative estimate of drug-likeness (QED) is 0.731. The highest BCUT2D eigenvalue weighted by Crippen LogP contribution is 2.55. The average molecular weight is 335 g/mol. The van der Waals surface area contributed by atoms with E-state index in [1.165, 1.54) is 17.2 Å². The number of nitrogens with zero attached hydrogens (tertiary/aromatic N) is 1. The lowest BCUT2D eigenvalue weighted by atomic mass is 9.80. The summed E-state index contributed by atoms with van der Waals surface area (Å²) in [5.74, 6) is -2.54. The lowest BCUT2D eigenvalue weighted by molar-refractivity contribution is -0.241. The number of carbonyl (C=O) groups is 2. The van der Waals surface area contributed by atoms with E-state index in [9.17, 15) is 25.0 Å². The molecule has 0 bridgehead atoms. The lowest BCUT2D eigenvalue weighted by Gasteiger charge is -2.42. The van der Waals surface area contributed by atoms with Crippen molar-refractivity contribution in [2.24, 2.45) is 0 Å². The van der Waals surface area contributed by atoms with Gasteiger partial charge in [0.25, 0.3) is 0 Å². The summed E-state index contributed by atoms with van der Waals surface area (Å²) in [6.07, 6.45) is 2.39. The molecule has 2 rings (SSSR count). The molecule has 6 heteroatoms. The molecule has 0 saturated carbocycles. The Morgan fingerprint density at radius 3 is 1.33 bits per heavy atom. The van der Waals surface area contributed by atoms with Crippen LogP contribution in [0.2, 0.25) is 0 Å². The van der Waals surface area contributed by atoms with Crippen molar-refractivity contribution >= 4 is 11.9 Å². The van der Waals surface area contributed by atoms with Crippen molar-refractivity contribution in [3.8, 4) is 0 Å². The number of benzene rings is 1. The molecule has 1 aliphatic rings. The van der Waals surface area contributed by atoms with Gasteiger partial charge >= 0.3 is 11.9 Å². The third-order valence-corrected chi connectivity index (χ3v) is 5.77. The van der Waals surface area contributed by atoms with Gasteiger partial charge in [0.1, 0.15) is 0 Å². The molecule has 6 nitrogen and oxygen atoms in total. The number of fused-ring (bicyclic) bond motifs is 1. The normalized spacial score (nSPS) is 18.4. The zero-order valence-electron chi connectivity index (χ0n) is 14.6. The molecule has 0 atom stereocenters. The number of carboxylic acids is 2.